The number of nitrogens with zero attached hydrogens (tertiary/aromatic N) is 2. The van der Waals surface area contributed by atoms with Crippen molar-refractivity contribution in [2.45, 2.75) is 10.6 Å². The van der Waals surface area contributed by atoms with Crippen LogP contribution in [0.1, 0.15) is 16.8 Å². The highest BCUT2D eigenvalue weighted by Gasteiger charge is 2.28. The number of morpholine rings is 1. The van der Waals surface area contributed by atoms with E-state index in [2.05, 4.69) is 15.2 Å². The van der Waals surface area contributed by atoms with Crippen molar-refractivity contribution in [3.8, 4) is 11.5 Å². The van der Waals surface area contributed by atoms with E-state index < -0.39 is 20.9 Å². The molecule has 1 aliphatic rings. The number of thiophene rings is 1. The van der Waals surface area contributed by atoms with E-state index in [1.54, 1.807) is 36.5 Å². The summed E-state index contributed by atoms with van der Waals surface area (Å²) in [5.41, 5.74) is 0.543. The second-order valence-corrected chi connectivity index (χ2v) is 12.0. The predicted molar refractivity (Wildman–Crippen MR) is 151 cm³/mol. The number of amides is 1. The van der Waals surface area contributed by atoms with Crippen LogP contribution in [0.4, 0.5) is 10.7 Å². The third kappa shape index (κ3) is 6.42. The molecule has 3 heterocycles. The molecule has 5 rings (SSSR count). The Morgan fingerprint density at radius 1 is 1.15 bits per heavy atom. The van der Waals surface area contributed by atoms with Gasteiger partial charge in [-0.05, 0) is 49.4 Å². The van der Waals surface area contributed by atoms with Crippen molar-refractivity contribution >= 4 is 48.9 Å². The summed E-state index contributed by atoms with van der Waals surface area (Å²) >= 11 is 0.703. The van der Waals surface area contributed by atoms with E-state index >= 15 is 0 Å². The van der Waals surface area contributed by atoms with Gasteiger partial charge in [-0.2, -0.15) is 0 Å². The van der Waals surface area contributed by atoms with Crippen LogP contribution in [0.3, 0.4) is 0 Å². The average molecular weight is 586 g/mol. The molecule has 0 atom stereocenters. The number of hydrogen-bond donors (Lipinski definition) is 3. The minimum absolute atomic E-state index is 0.00671. The van der Waals surface area contributed by atoms with Gasteiger partial charge in [0.15, 0.2) is 5.00 Å². The highest BCUT2D eigenvalue weighted by molar-refractivity contribution is 7.92. The van der Waals surface area contributed by atoms with Crippen molar-refractivity contribution < 1.29 is 27.6 Å². The maximum Gasteiger partial charge on any atom is 0.304 e. The van der Waals surface area contributed by atoms with Crippen LogP contribution in [0.2, 0.25) is 0 Å². The molecule has 0 saturated carbocycles. The number of hydrogen-bond acceptors (Lipinski definition) is 10. The number of carbonyl (C=O) groups excluding carboxylic acids is 1. The molecule has 1 fully saturated rings. The molecule has 40 heavy (non-hydrogen) atoms. The van der Waals surface area contributed by atoms with Crippen molar-refractivity contribution in [3.05, 3.63) is 76.5 Å². The van der Waals surface area contributed by atoms with Gasteiger partial charge in [0.25, 0.3) is 15.9 Å². The average Bonchev–Trinajstić information content (AvgIpc) is 3.59. The Hall–Kier alpha value is -3.98. The normalized spacial score (nSPS) is 14.2. The van der Waals surface area contributed by atoms with Gasteiger partial charge in [0.05, 0.1) is 23.7 Å². The Morgan fingerprint density at radius 2 is 1.95 bits per heavy atom. The van der Waals surface area contributed by atoms with Gasteiger partial charge in [-0.15, -0.1) is 0 Å². The molecule has 0 unspecified atom stereocenters. The van der Waals surface area contributed by atoms with Crippen molar-refractivity contribution in [1.82, 2.24) is 14.6 Å². The summed E-state index contributed by atoms with van der Waals surface area (Å²) in [4.78, 5) is 29.4. The predicted octanol–water partition coefficient (Wildman–Crippen LogP) is 4.18. The number of ether oxygens (including phenoxy) is 2. The van der Waals surface area contributed by atoms with Gasteiger partial charge in [-0.25, -0.2) is 13.1 Å². The lowest BCUT2D eigenvalue weighted by Crippen LogP contribution is -2.37. The highest BCUT2D eigenvalue weighted by Crippen LogP contribution is 2.37. The van der Waals surface area contributed by atoms with Crippen molar-refractivity contribution in [2.75, 3.05) is 44.7 Å². The smallest absolute Gasteiger partial charge is 0.304 e. The van der Waals surface area contributed by atoms with Gasteiger partial charge in [0.1, 0.15) is 15.7 Å². The first-order valence-corrected chi connectivity index (χ1v) is 14.8. The molecule has 4 aromatic rings. The van der Waals surface area contributed by atoms with E-state index in [9.17, 15) is 23.3 Å². The van der Waals surface area contributed by atoms with Crippen LogP contribution in [0.15, 0.2) is 65.0 Å². The van der Waals surface area contributed by atoms with Gasteiger partial charge < -0.3 is 19.8 Å². The maximum absolute atomic E-state index is 13.1. The first-order valence-electron chi connectivity index (χ1n) is 12.5. The lowest BCUT2D eigenvalue weighted by Gasteiger charge is -2.26. The van der Waals surface area contributed by atoms with Gasteiger partial charge in [-0.1, -0.05) is 23.5 Å². The van der Waals surface area contributed by atoms with Crippen LogP contribution in [0.25, 0.3) is 10.9 Å². The molecule has 0 aliphatic carbocycles. The third-order valence-electron chi connectivity index (χ3n) is 6.30. The number of H-pyrrole nitrogens is 1. The topological polar surface area (TPSA) is 156 Å². The van der Waals surface area contributed by atoms with Gasteiger partial charge in [0.2, 0.25) is 0 Å². The zero-order valence-corrected chi connectivity index (χ0v) is 22.9. The largest absolute Gasteiger partial charge is 0.457 e. The third-order valence-corrected chi connectivity index (χ3v) is 9.19. The Balaban J connectivity index is 1.27. The van der Waals surface area contributed by atoms with Gasteiger partial charge >= 0.3 is 5.69 Å². The minimum Gasteiger partial charge on any atom is -0.457 e. The molecule has 1 saturated heterocycles. The zero-order chi connectivity index (χ0) is 28.1. The van der Waals surface area contributed by atoms with Crippen LogP contribution in [-0.2, 0) is 14.8 Å². The van der Waals surface area contributed by atoms with Crippen molar-refractivity contribution in [1.29, 1.82) is 0 Å². The monoisotopic (exact) mass is 585 g/mol. The SMILES string of the molecule is O=C(NS(=O)(=O)c1cc([N+](=O)[O-])c(NCCCN2CCOCC2)s1)c1ccccc1Oc1ccc2[nH]ccc2c1. The molecule has 2 aromatic heterocycles. The summed E-state index contributed by atoms with van der Waals surface area (Å²) in [5, 5.41) is 15.6. The summed E-state index contributed by atoms with van der Waals surface area (Å²) in [6.07, 6.45) is 2.50. The molecule has 210 valence electrons. The molecule has 12 nitrogen and oxygen atoms in total. The maximum atomic E-state index is 13.1. The lowest BCUT2D eigenvalue weighted by atomic mass is 10.2. The minimum atomic E-state index is -4.41. The number of benzene rings is 2. The number of carbonyl (C=O) groups is 1. The Labute approximate surface area is 234 Å². The molecule has 0 spiro atoms. The number of rotatable bonds is 11. The number of aromatic amines is 1. The second kappa shape index (κ2) is 12.0. The van der Waals surface area contributed by atoms with E-state index in [0.29, 0.717) is 43.3 Å². The zero-order valence-electron chi connectivity index (χ0n) is 21.3. The quantitative estimate of drug-likeness (QED) is 0.133. The van der Waals surface area contributed by atoms with Crippen LogP contribution in [0.5, 0.6) is 11.5 Å². The number of nitrogens with one attached hydrogen (secondary N) is 3. The number of fused-ring (bicyclic) bond motifs is 1. The second-order valence-electron chi connectivity index (χ2n) is 9.03. The van der Waals surface area contributed by atoms with E-state index in [-0.39, 0.29) is 26.2 Å². The summed E-state index contributed by atoms with van der Waals surface area (Å²) in [5.74, 6) is -0.298. The van der Waals surface area contributed by atoms with Crippen LogP contribution >= 0.6 is 11.3 Å². The summed E-state index contributed by atoms with van der Waals surface area (Å²) in [6, 6.07) is 14.4. The summed E-state index contributed by atoms with van der Waals surface area (Å²) in [7, 11) is -4.41. The fourth-order valence-corrected chi connectivity index (χ4v) is 6.60. The molecule has 2 aromatic carbocycles. The molecule has 0 bridgehead atoms. The molecule has 3 N–H and O–H groups in total. The fourth-order valence-electron chi connectivity index (χ4n) is 4.28. The number of anilines is 1. The Bertz CT molecular complexity index is 1630. The number of nitro groups is 1. The van der Waals surface area contributed by atoms with E-state index in [1.807, 2.05) is 16.9 Å². The molecule has 1 aliphatic heterocycles. The van der Waals surface area contributed by atoms with Crippen molar-refractivity contribution in [2.24, 2.45) is 0 Å². The lowest BCUT2D eigenvalue weighted by molar-refractivity contribution is -0.383. The Kier molecular flexibility index (Phi) is 8.30. The highest BCUT2D eigenvalue weighted by atomic mass is 32.2. The summed E-state index contributed by atoms with van der Waals surface area (Å²) < 4.78 is 39.1. The van der Waals surface area contributed by atoms with Crippen molar-refractivity contribution in [3.63, 3.8) is 0 Å². The van der Waals surface area contributed by atoms with Gasteiger partial charge in [-0.3, -0.25) is 19.8 Å². The molecule has 14 heteroatoms. The van der Waals surface area contributed by atoms with Crippen LogP contribution in [0, 0.1) is 10.1 Å². The fraction of sp³-hybridized carbons (Fsp3) is 0.269. The van der Waals surface area contributed by atoms with E-state index in [4.69, 9.17) is 9.47 Å². The first kappa shape index (κ1) is 27.6. The number of aromatic nitrogens is 1. The molecular weight excluding hydrogens is 558 g/mol. The molecular formula is C26H27N5O7S2. The molecule has 1 amide bonds. The standard InChI is InChI=1S/C26H27N5O7S2/c32-25(20-4-1-2-5-23(20)38-19-6-7-21-18(16-19)8-10-27-21)29-40(35,36)24-17-22(31(33)34)26(39-24)28-9-3-11-30-12-14-37-15-13-30/h1-2,4-8,10,16-17,27-28H,3,9,11-15H2,(H,29,32). The van der Waals surface area contributed by atoms with E-state index in [0.717, 1.165) is 36.6 Å². The summed E-state index contributed by atoms with van der Waals surface area (Å²) in [6.45, 7) is 4.23. The van der Waals surface area contributed by atoms with E-state index in [1.165, 1.54) is 6.07 Å². The van der Waals surface area contributed by atoms with Crippen LogP contribution < -0.4 is 14.8 Å². The Morgan fingerprint density at radius 3 is 2.75 bits per heavy atom. The number of para-hydroxylation sites is 1. The molecule has 0 radical (unpaired) electrons. The first-order chi connectivity index (χ1) is 19.3. The van der Waals surface area contributed by atoms with Gasteiger partial charge in [0, 0.05) is 42.8 Å². The number of sulfonamides is 1. The van der Waals surface area contributed by atoms with Crippen LogP contribution in [-0.4, -0.2) is 68.5 Å².